The largest absolute Gasteiger partial charge is 0.358 e. The molecule has 1 aliphatic rings. The van der Waals surface area contributed by atoms with E-state index >= 15 is 0 Å². The number of aryl methyl sites for hydroxylation is 3. The molecule has 0 saturated heterocycles. The SMILES string of the molecule is Cc1nc2ccccc2c2[nH]c3c(c12)CCCC3. The number of nitrogens with zero attached hydrogens (tertiary/aromatic N) is 1. The van der Waals surface area contributed by atoms with Gasteiger partial charge in [-0.3, -0.25) is 4.98 Å². The molecule has 90 valence electrons. The van der Waals surface area contributed by atoms with E-state index in [1.807, 2.05) is 0 Å². The fraction of sp³-hybridized carbons (Fsp3) is 0.312. The van der Waals surface area contributed by atoms with Gasteiger partial charge < -0.3 is 4.98 Å². The van der Waals surface area contributed by atoms with Crippen LogP contribution in [0.1, 0.15) is 29.8 Å². The van der Waals surface area contributed by atoms with Crippen molar-refractivity contribution < 1.29 is 0 Å². The molecule has 2 nitrogen and oxygen atoms in total. The second-order valence-electron chi connectivity index (χ2n) is 5.25. The minimum Gasteiger partial charge on any atom is -0.358 e. The molecule has 0 saturated carbocycles. The summed E-state index contributed by atoms with van der Waals surface area (Å²) in [5.41, 5.74) is 6.53. The van der Waals surface area contributed by atoms with Crippen LogP contribution in [0.5, 0.6) is 0 Å². The summed E-state index contributed by atoms with van der Waals surface area (Å²) in [6, 6.07) is 8.43. The highest BCUT2D eigenvalue weighted by Crippen LogP contribution is 2.34. The zero-order chi connectivity index (χ0) is 12.1. The fourth-order valence-corrected chi connectivity index (χ4v) is 3.30. The molecule has 0 fully saturated rings. The highest BCUT2D eigenvalue weighted by molar-refractivity contribution is 6.06. The molecule has 4 rings (SSSR count). The molecule has 0 radical (unpaired) electrons. The number of aromatic amines is 1. The Bertz CT molecular complexity index is 752. The third-order valence-electron chi connectivity index (χ3n) is 4.12. The van der Waals surface area contributed by atoms with Crippen LogP contribution in [0.2, 0.25) is 0 Å². The summed E-state index contributed by atoms with van der Waals surface area (Å²) in [6.45, 7) is 2.14. The van der Waals surface area contributed by atoms with E-state index in [9.17, 15) is 0 Å². The number of hydrogen-bond donors (Lipinski definition) is 1. The van der Waals surface area contributed by atoms with Gasteiger partial charge in [-0.2, -0.15) is 0 Å². The second-order valence-corrected chi connectivity index (χ2v) is 5.25. The molecule has 3 aromatic rings. The van der Waals surface area contributed by atoms with Crippen molar-refractivity contribution in [3.05, 3.63) is 41.2 Å². The first-order chi connectivity index (χ1) is 8.84. The Hall–Kier alpha value is -1.83. The van der Waals surface area contributed by atoms with Crippen LogP contribution in [-0.4, -0.2) is 9.97 Å². The van der Waals surface area contributed by atoms with E-state index < -0.39 is 0 Å². The number of para-hydroxylation sites is 1. The minimum absolute atomic E-state index is 1.10. The van der Waals surface area contributed by atoms with Gasteiger partial charge in [0.1, 0.15) is 0 Å². The van der Waals surface area contributed by atoms with E-state index in [-0.39, 0.29) is 0 Å². The average molecular weight is 236 g/mol. The van der Waals surface area contributed by atoms with Crippen LogP contribution in [0, 0.1) is 6.92 Å². The third-order valence-corrected chi connectivity index (χ3v) is 4.12. The summed E-state index contributed by atoms with van der Waals surface area (Å²) in [5.74, 6) is 0. The molecule has 0 spiro atoms. The molecule has 2 heterocycles. The van der Waals surface area contributed by atoms with Gasteiger partial charge in [-0.15, -0.1) is 0 Å². The monoisotopic (exact) mass is 236 g/mol. The predicted molar refractivity (Wildman–Crippen MR) is 75.0 cm³/mol. The van der Waals surface area contributed by atoms with Crippen LogP contribution < -0.4 is 0 Å². The smallest absolute Gasteiger partial charge is 0.0726 e. The van der Waals surface area contributed by atoms with Gasteiger partial charge in [-0.25, -0.2) is 0 Å². The molecule has 0 aliphatic heterocycles. The van der Waals surface area contributed by atoms with E-state index in [0.29, 0.717) is 0 Å². The Morgan fingerprint density at radius 1 is 1.11 bits per heavy atom. The molecular weight excluding hydrogens is 220 g/mol. The number of aromatic nitrogens is 2. The Morgan fingerprint density at radius 2 is 1.94 bits per heavy atom. The van der Waals surface area contributed by atoms with E-state index in [4.69, 9.17) is 4.98 Å². The first-order valence-electron chi connectivity index (χ1n) is 6.73. The summed E-state index contributed by atoms with van der Waals surface area (Å²) < 4.78 is 0. The normalized spacial score (nSPS) is 15.2. The molecule has 0 atom stereocenters. The summed E-state index contributed by atoms with van der Waals surface area (Å²) in [7, 11) is 0. The van der Waals surface area contributed by atoms with Gasteiger partial charge in [0.25, 0.3) is 0 Å². The molecule has 1 N–H and O–H groups in total. The van der Waals surface area contributed by atoms with Crippen molar-refractivity contribution in [3.63, 3.8) is 0 Å². The van der Waals surface area contributed by atoms with Crippen molar-refractivity contribution in [3.8, 4) is 0 Å². The van der Waals surface area contributed by atoms with Crippen LogP contribution in [0.4, 0.5) is 0 Å². The van der Waals surface area contributed by atoms with Gasteiger partial charge in [0.05, 0.1) is 11.0 Å². The van der Waals surface area contributed by atoms with Gasteiger partial charge in [0.15, 0.2) is 0 Å². The Kier molecular flexibility index (Phi) is 2.01. The van der Waals surface area contributed by atoms with Crippen molar-refractivity contribution in [2.45, 2.75) is 32.6 Å². The Labute approximate surface area is 106 Å². The molecule has 1 aromatic carbocycles. The molecule has 0 amide bonds. The lowest BCUT2D eigenvalue weighted by Gasteiger charge is -2.11. The van der Waals surface area contributed by atoms with Crippen molar-refractivity contribution in [1.29, 1.82) is 0 Å². The van der Waals surface area contributed by atoms with Gasteiger partial charge in [-0.1, -0.05) is 18.2 Å². The third kappa shape index (κ3) is 1.26. The Balaban J connectivity index is 2.21. The average Bonchev–Trinajstić information content (AvgIpc) is 2.79. The predicted octanol–water partition coefficient (Wildman–Crippen LogP) is 3.90. The fourth-order valence-electron chi connectivity index (χ4n) is 3.30. The highest BCUT2D eigenvalue weighted by Gasteiger charge is 2.18. The van der Waals surface area contributed by atoms with Crippen LogP contribution in [0.25, 0.3) is 21.8 Å². The van der Waals surface area contributed by atoms with Gasteiger partial charge in [-0.05, 0) is 44.2 Å². The molecule has 0 bridgehead atoms. The van der Waals surface area contributed by atoms with Crippen molar-refractivity contribution in [2.24, 2.45) is 0 Å². The number of pyridine rings is 1. The van der Waals surface area contributed by atoms with Gasteiger partial charge in [0, 0.05) is 22.2 Å². The lowest BCUT2D eigenvalue weighted by atomic mass is 9.95. The van der Waals surface area contributed by atoms with Crippen LogP contribution in [0.15, 0.2) is 24.3 Å². The highest BCUT2D eigenvalue weighted by atomic mass is 14.8. The molecule has 2 aromatic heterocycles. The van der Waals surface area contributed by atoms with E-state index in [2.05, 4.69) is 36.2 Å². The zero-order valence-electron chi connectivity index (χ0n) is 10.6. The summed E-state index contributed by atoms with van der Waals surface area (Å²) in [5, 5.41) is 2.64. The minimum atomic E-state index is 1.10. The maximum absolute atomic E-state index is 4.76. The van der Waals surface area contributed by atoms with E-state index in [1.165, 1.54) is 58.9 Å². The number of hydrogen-bond acceptors (Lipinski definition) is 1. The standard InChI is InChI=1S/C16H16N2/c1-10-15-11-6-2-4-8-13(11)18-16(15)12-7-3-5-9-14(12)17-10/h3,5,7,9,18H,2,4,6,8H2,1H3. The molecule has 2 heteroatoms. The number of benzene rings is 1. The summed E-state index contributed by atoms with van der Waals surface area (Å²) >= 11 is 0. The van der Waals surface area contributed by atoms with Crippen LogP contribution in [-0.2, 0) is 12.8 Å². The lowest BCUT2D eigenvalue weighted by molar-refractivity contribution is 0.680. The quantitative estimate of drug-likeness (QED) is 0.630. The van der Waals surface area contributed by atoms with Gasteiger partial charge in [0.2, 0.25) is 0 Å². The first kappa shape index (κ1) is 10.1. The van der Waals surface area contributed by atoms with E-state index in [0.717, 1.165) is 5.52 Å². The zero-order valence-corrected chi connectivity index (χ0v) is 10.6. The topological polar surface area (TPSA) is 28.7 Å². The Morgan fingerprint density at radius 3 is 2.89 bits per heavy atom. The van der Waals surface area contributed by atoms with Crippen LogP contribution >= 0.6 is 0 Å². The molecular formula is C16H16N2. The lowest BCUT2D eigenvalue weighted by Crippen LogP contribution is -2.00. The molecule has 18 heavy (non-hydrogen) atoms. The second kappa shape index (κ2) is 3.58. The molecule has 1 aliphatic carbocycles. The van der Waals surface area contributed by atoms with Crippen LogP contribution in [0.3, 0.4) is 0 Å². The van der Waals surface area contributed by atoms with Crippen molar-refractivity contribution >= 4 is 21.8 Å². The van der Waals surface area contributed by atoms with Crippen molar-refractivity contribution in [2.75, 3.05) is 0 Å². The van der Waals surface area contributed by atoms with E-state index in [1.54, 1.807) is 0 Å². The number of H-pyrrole nitrogens is 1. The molecule has 0 unspecified atom stereocenters. The summed E-state index contributed by atoms with van der Waals surface area (Å²) in [4.78, 5) is 8.42. The number of fused-ring (bicyclic) bond motifs is 5. The number of rotatable bonds is 0. The van der Waals surface area contributed by atoms with Gasteiger partial charge >= 0.3 is 0 Å². The number of nitrogens with one attached hydrogen (secondary N) is 1. The first-order valence-corrected chi connectivity index (χ1v) is 6.73. The maximum Gasteiger partial charge on any atom is 0.0726 e. The maximum atomic E-state index is 4.76. The van der Waals surface area contributed by atoms with Crippen molar-refractivity contribution in [1.82, 2.24) is 9.97 Å². The summed E-state index contributed by atoms with van der Waals surface area (Å²) in [6.07, 6.45) is 5.02.